The second-order valence-corrected chi connectivity index (χ2v) is 2.97. The highest BCUT2D eigenvalue weighted by Crippen LogP contribution is 2.39. The number of nitriles is 4. The lowest BCUT2D eigenvalue weighted by atomic mass is 9.82. The topological polar surface area (TPSA) is 95.2 Å². The summed E-state index contributed by atoms with van der Waals surface area (Å²) in [4.78, 5) is 0. The van der Waals surface area contributed by atoms with Crippen molar-refractivity contribution in [2.75, 3.05) is 0 Å². The molecule has 0 bridgehead atoms. The van der Waals surface area contributed by atoms with Gasteiger partial charge in [0.2, 0.25) is 5.67 Å². The molecule has 1 atom stereocenters. The lowest BCUT2D eigenvalue weighted by molar-refractivity contribution is 0.286. The molecule has 16 heavy (non-hydrogen) atoms. The maximum absolute atomic E-state index is 13.8. The van der Waals surface area contributed by atoms with Crippen molar-refractivity contribution in [2.45, 2.75) is 12.1 Å². The van der Waals surface area contributed by atoms with Crippen molar-refractivity contribution in [3.8, 4) is 24.3 Å². The quantitative estimate of drug-likeness (QED) is 0.615. The van der Waals surface area contributed by atoms with Gasteiger partial charge in [-0.05, 0) is 0 Å². The summed E-state index contributed by atoms with van der Waals surface area (Å²) in [5, 5.41) is 34.3. The molecule has 0 aliphatic heterocycles. The van der Waals surface area contributed by atoms with Crippen LogP contribution in [-0.2, 0) is 0 Å². The van der Waals surface area contributed by atoms with Crippen LogP contribution in [-0.4, -0.2) is 5.67 Å². The summed E-state index contributed by atoms with van der Waals surface area (Å²) in [7, 11) is 0. The van der Waals surface area contributed by atoms with Crippen molar-refractivity contribution in [1.29, 1.82) is 21.0 Å². The molecular weight excluding hydrogens is 214 g/mol. The maximum atomic E-state index is 13.8. The molecule has 1 aliphatic rings. The number of nitrogens with zero attached hydrogens (tertiary/aromatic N) is 4. The Kier molecular flexibility index (Phi) is 2.71. The molecule has 0 amide bonds. The highest BCUT2D eigenvalue weighted by Gasteiger charge is 2.44. The van der Waals surface area contributed by atoms with Crippen LogP contribution in [0.5, 0.6) is 0 Å². The van der Waals surface area contributed by atoms with Crippen molar-refractivity contribution >= 4 is 0 Å². The van der Waals surface area contributed by atoms with Crippen LogP contribution in [0.3, 0.4) is 0 Å². The minimum Gasteiger partial charge on any atom is -0.221 e. The molecule has 0 spiro atoms. The van der Waals surface area contributed by atoms with Gasteiger partial charge in [-0.2, -0.15) is 21.0 Å². The number of hydrogen-bond acceptors (Lipinski definition) is 4. The molecular formula is C10H2F2N4. The van der Waals surface area contributed by atoms with Gasteiger partial charge in [-0.25, -0.2) is 8.78 Å². The van der Waals surface area contributed by atoms with E-state index in [0.717, 1.165) is 6.07 Å². The Morgan fingerprint density at radius 3 is 2.06 bits per heavy atom. The van der Waals surface area contributed by atoms with Crippen LogP contribution in [0, 0.1) is 45.3 Å². The van der Waals surface area contributed by atoms with Gasteiger partial charge in [0.15, 0.2) is 5.83 Å². The molecule has 0 N–H and O–H groups in total. The van der Waals surface area contributed by atoms with Gasteiger partial charge in [-0.3, -0.25) is 0 Å². The largest absolute Gasteiger partial charge is 0.238 e. The van der Waals surface area contributed by atoms with Crippen molar-refractivity contribution in [3.05, 3.63) is 22.5 Å². The summed E-state index contributed by atoms with van der Waals surface area (Å²) in [5.41, 5.74) is -5.07. The maximum Gasteiger partial charge on any atom is 0.238 e. The van der Waals surface area contributed by atoms with Crippen LogP contribution in [0.2, 0.25) is 0 Å². The van der Waals surface area contributed by atoms with Crippen molar-refractivity contribution in [1.82, 2.24) is 0 Å². The third kappa shape index (κ3) is 1.40. The Bertz CT molecular complexity index is 574. The predicted molar refractivity (Wildman–Crippen MR) is 46.1 cm³/mol. The van der Waals surface area contributed by atoms with Gasteiger partial charge in [-0.15, -0.1) is 0 Å². The zero-order valence-corrected chi connectivity index (χ0v) is 7.75. The fraction of sp³-hybridized carbons (Fsp3) is 0.200. The second-order valence-electron chi connectivity index (χ2n) is 2.97. The summed E-state index contributed by atoms with van der Waals surface area (Å²) in [6.45, 7) is 0. The van der Waals surface area contributed by atoms with Gasteiger partial charge in [0, 0.05) is 6.42 Å². The van der Waals surface area contributed by atoms with Gasteiger partial charge in [0.25, 0.3) is 0 Å². The number of halogens is 2. The average Bonchev–Trinajstić information content (AvgIpc) is 2.28. The van der Waals surface area contributed by atoms with Gasteiger partial charge >= 0.3 is 0 Å². The van der Waals surface area contributed by atoms with Crippen molar-refractivity contribution < 1.29 is 8.78 Å². The number of allylic oxidation sites excluding steroid dienone is 4. The first-order chi connectivity index (χ1) is 7.53. The van der Waals surface area contributed by atoms with E-state index in [1.165, 1.54) is 18.2 Å². The average molecular weight is 216 g/mol. The monoisotopic (exact) mass is 216 g/mol. The molecule has 76 valence electrons. The summed E-state index contributed by atoms with van der Waals surface area (Å²) in [6.07, 6.45) is -0.779. The van der Waals surface area contributed by atoms with E-state index >= 15 is 0 Å². The third-order valence-corrected chi connectivity index (χ3v) is 2.09. The first-order valence-electron chi connectivity index (χ1n) is 3.98. The van der Waals surface area contributed by atoms with E-state index in [0.29, 0.717) is 0 Å². The summed E-state index contributed by atoms with van der Waals surface area (Å²) in [5.74, 6) is -1.43. The smallest absolute Gasteiger partial charge is 0.221 e. The summed E-state index contributed by atoms with van der Waals surface area (Å²) < 4.78 is 27.3. The Balaban J connectivity index is 3.60. The van der Waals surface area contributed by atoms with E-state index in [2.05, 4.69) is 0 Å². The SMILES string of the molecule is N#CC1=C(C#N)C(F)=C(C#N)C(F)(C#N)C1. The molecule has 1 unspecified atom stereocenters. The standard InChI is InChI=1S/C10H2F2N4/c11-9-7(3-14)6(2-13)1-10(12,5-16)8(9)4-15/h1H2. The minimum absolute atomic E-state index is 0.469. The molecule has 4 nitrogen and oxygen atoms in total. The molecule has 1 aliphatic carbocycles. The van der Waals surface area contributed by atoms with Crippen molar-refractivity contribution in [3.63, 3.8) is 0 Å². The van der Waals surface area contributed by atoms with Gasteiger partial charge in [0.05, 0.1) is 11.6 Å². The zero-order valence-electron chi connectivity index (χ0n) is 7.75. The van der Waals surface area contributed by atoms with Crippen LogP contribution in [0.1, 0.15) is 6.42 Å². The summed E-state index contributed by atoms with van der Waals surface area (Å²) >= 11 is 0. The van der Waals surface area contributed by atoms with Crippen LogP contribution in [0.15, 0.2) is 22.5 Å². The molecule has 0 saturated heterocycles. The summed E-state index contributed by atoms with van der Waals surface area (Å²) in [6, 6.07) is 5.19. The van der Waals surface area contributed by atoms with E-state index in [1.807, 2.05) is 0 Å². The number of rotatable bonds is 0. The molecule has 0 aromatic rings. The minimum atomic E-state index is -2.87. The molecule has 0 saturated carbocycles. The Labute approximate surface area is 89.5 Å². The molecule has 0 heterocycles. The highest BCUT2D eigenvalue weighted by atomic mass is 19.1. The molecule has 0 aromatic carbocycles. The number of hydrogen-bond donors (Lipinski definition) is 0. The predicted octanol–water partition coefficient (Wildman–Crippen LogP) is 1.71. The van der Waals surface area contributed by atoms with Crippen LogP contribution in [0.4, 0.5) is 8.78 Å². The van der Waals surface area contributed by atoms with Crippen LogP contribution in [0.25, 0.3) is 0 Å². The normalized spacial score (nSPS) is 24.1. The van der Waals surface area contributed by atoms with Crippen molar-refractivity contribution in [2.24, 2.45) is 0 Å². The molecule has 1 rings (SSSR count). The molecule has 0 fully saturated rings. The van der Waals surface area contributed by atoms with E-state index in [4.69, 9.17) is 21.0 Å². The Hall–Kier alpha value is -2.70. The molecule has 0 aromatic heterocycles. The Morgan fingerprint density at radius 2 is 1.69 bits per heavy atom. The molecule has 6 heteroatoms. The van der Waals surface area contributed by atoms with E-state index < -0.39 is 34.6 Å². The van der Waals surface area contributed by atoms with Crippen LogP contribution < -0.4 is 0 Å². The third-order valence-electron chi connectivity index (χ3n) is 2.09. The van der Waals surface area contributed by atoms with E-state index in [-0.39, 0.29) is 0 Å². The van der Waals surface area contributed by atoms with E-state index in [9.17, 15) is 8.78 Å². The Morgan fingerprint density at radius 1 is 1.06 bits per heavy atom. The first kappa shape index (κ1) is 11.4. The number of alkyl halides is 1. The lowest BCUT2D eigenvalue weighted by Gasteiger charge is -2.21. The highest BCUT2D eigenvalue weighted by molar-refractivity contribution is 5.60. The fourth-order valence-electron chi connectivity index (χ4n) is 1.30. The van der Waals surface area contributed by atoms with Crippen LogP contribution >= 0.6 is 0 Å². The van der Waals surface area contributed by atoms with E-state index in [1.54, 1.807) is 0 Å². The van der Waals surface area contributed by atoms with Gasteiger partial charge in [0.1, 0.15) is 29.4 Å². The fourth-order valence-corrected chi connectivity index (χ4v) is 1.30. The molecule has 0 radical (unpaired) electrons. The lowest BCUT2D eigenvalue weighted by Crippen LogP contribution is -2.28. The first-order valence-corrected chi connectivity index (χ1v) is 3.98. The van der Waals surface area contributed by atoms with Gasteiger partial charge < -0.3 is 0 Å². The van der Waals surface area contributed by atoms with Gasteiger partial charge in [-0.1, -0.05) is 0 Å². The second kappa shape index (κ2) is 3.81. The zero-order chi connectivity index (χ0) is 12.3.